The molecule has 24 heavy (non-hydrogen) atoms. The van der Waals surface area contributed by atoms with Gasteiger partial charge in [-0.1, -0.05) is 12.2 Å². The summed E-state index contributed by atoms with van der Waals surface area (Å²) >= 11 is 0. The van der Waals surface area contributed by atoms with Crippen LogP contribution in [0, 0.1) is 5.82 Å². The molecule has 0 aliphatic carbocycles. The molecule has 1 aromatic carbocycles. The van der Waals surface area contributed by atoms with Crippen LogP contribution in [-0.4, -0.2) is 40.5 Å². The summed E-state index contributed by atoms with van der Waals surface area (Å²) in [6.07, 6.45) is 11.9. The number of rotatable bonds is 2. The molecule has 0 bridgehead atoms. The number of likely N-dealkylation sites (N-methyl/N-ethyl adjacent to an activating group) is 1. The fraction of sp³-hybridized carbons (Fsp3) is 0.300. The number of hydrogen-bond donors (Lipinski definition) is 0. The van der Waals surface area contributed by atoms with E-state index in [-0.39, 0.29) is 5.82 Å². The van der Waals surface area contributed by atoms with Crippen molar-refractivity contribution < 1.29 is 4.39 Å². The third kappa shape index (κ3) is 2.13. The largest absolute Gasteiger partial charge is 0.361 e. The number of halogens is 1. The lowest BCUT2D eigenvalue weighted by molar-refractivity contribution is 0.312. The molecular formula is C20H20FN3. The number of hydrogen-bond acceptors (Lipinski definition) is 2. The van der Waals surface area contributed by atoms with Gasteiger partial charge >= 0.3 is 0 Å². The Kier molecular flexibility index (Phi) is 2.98. The van der Waals surface area contributed by atoms with Crippen LogP contribution in [0.15, 0.2) is 48.2 Å². The highest BCUT2D eigenvalue weighted by Crippen LogP contribution is 2.33. The molecule has 0 spiro atoms. The third-order valence-corrected chi connectivity index (χ3v) is 5.32. The second-order valence-corrected chi connectivity index (χ2v) is 6.96. The van der Waals surface area contributed by atoms with Gasteiger partial charge in [-0.25, -0.2) is 4.39 Å². The zero-order chi connectivity index (χ0) is 16.3. The molecule has 0 radical (unpaired) electrons. The SMILES string of the molecule is CN1CCc2c(c3cc(F)ccc3n2/C=C/C2=CC=CC3CN23)C1. The van der Waals surface area contributed by atoms with Gasteiger partial charge in [0.2, 0.25) is 0 Å². The molecule has 0 amide bonds. The molecule has 5 rings (SSSR count). The van der Waals surface area contributed by atoms with Gasteiger partial charge in [0, 0.05) is 49.0 Å². The minimum atomic E-state index is -0.160. The highest BCUT2D eigenvalue weighted by Gasteiger charge is 2.33. The maximum Gasteiger partial charge on any atom is 0.123 e. The van der Waals surface area contributed by atoms with Gasteiger partial charge in [0.1, 0.15) is 5.82 Å². The molecule has 1 atom stereocenters. The van der Waals surface area contributed by atoms with Crippen LogP contribution in [0.25, 0.3) is 17.1 Å². The van der Waals surface area contributed by atoms with Crippen molar-refractivity contribution in [3.05, 3.63) is 65.3 Å². The Labute approximate surface area is 141 Å². The average Bonchev–Trinajstić information content (AvgIpc) is 3.31. The molecule has 4 heterocycles. The topological polar surface area (TPSA) is 11.2 Å². The number of nitrogens with zero attached hydrogens (tertiary/aromatic N) is 3. The van der Waals surface area contributed by atoms with Crippen molar-refractivity contribution >= 4 is 17.1 Å². The molecular weight excluding hydrogens is 301 g/mol. The van der Waals surface area contributed by atoms with Crippen molar-refractivity contribution in [2.75, 3.05) is 20.1 Å². The Morgan fingerprint density at radius 1 is 1.29 bits per heavy atom. The standard InChI is InChI=1S/C20H20FN3/c1-22-9-8-20-18(13-22)17-11-14(21)5-6-19(17)23(20)10-7-15-3-2-4-16-12-24(15)16/h2-7,10-11,16H,8-9,12-13H2,1H3/b10-7+. The smallest absolute Gasteiger partial charge is 0.123 e. The Morgan fingerprint density at radius 3 is 3.12 bits per heavy atom. The minimum absolute atomic E-state index is 0.160. The fourth-order valence-electron chi connectivity index (χ4n) is 3.97. The zero-order valence-electron chi connectivity index (χ0n) is 13.7. The van der Waals surface area contributed by atoms with Crippen LogP contribution in [0.4, 0.5) is 4.39 Å². The molecule has 0 N–H and O–H groups in total. The van der Waals surface area contributed by atoms with Gasteiger partial charge in [-0.2, -0.15) is 0 Å². The first-order chi connectivity index (χ1) is 11.7. The van der Waals surface area contributed by atoms with E-state index in [1.807, 2.05) is 6.07 Å². The normalized spacial score (nSPS) is 22.8. The van der Waals surface area contributed by atoms with E-state index in [0.717, 1.165) is 37.0 Å². The predicted molar refractivity (Wildman–Crippen MR) is 95.0 cm³/mol. The molecule has 4 heteroatoms. The van der Waals surface area contributed by atoms with E-state index in [4.69, 9.17) is 0 Å². The second-order valence-electron chi connectivity index (χ2n) is 6.96. The molecule has 3 nitrogen and oxygen atoms in total. The third-order valence-electron chi connectivity index (χ3n) is 5.32. The Morgan fingerprint density at radius 2 is 2.21 bits per heavy atom. The van der Waals surface area contributed by atoms with E-state index in [1.54, 1.807) is 12.1 Å². The number of aromatic nitrogens is 1. The summed E-state index contributed by atoms with van der Waals surface area (Å²) in [6.45, 7) is 3.04. The Bertz CT molecular complexity index is 919. The number of fused-ring (bicyclic) bond motifs is 4. The summed E-state index contributed by atoms with van der Waals surface area (Å²) in [5.74, 6) is -0.160. The monoisotopic (exact) mass is 321 g/mol. The predicted octanol–water partition coefficient (Wildman–Crippen LogP) is 3.38. The van der Waals surface area contributed by atoms with Gasteiger partial charge in [0.15, 0.2) is 0 Å². The van der Waals surface area contributed by atoms with Crippen molar-refractivity contribution in [3.8, 4) is 0 Å². The molecule has 3 aliphatic rings. The van der Waals surface area contributed by atoms with Gasteiger partial charge in [-0.05, 0) is 43.0 Å². The minimum Gasteiger partial charge on any atom is -0.361 e. The maximum absolute atomic E-state index is 13.8. The van der Waals surface area contributed by atoms with Crippen LogP contribution in [0.5, 0.6) is 0 Å². The second kappa shape index (κ2) is 5.08. The van der Waals surface area contributed by atoms with E-state index >= 15 is 0 Å². The first kappa shape index (κ1) is 14.1. The molecule has 0 saturated carbocycles. The maximum atomic E-state index is 13.8. The Balaban J connectivity index is 1.62. The lowest BCUT2D eigenvalue weighted by Crippen LogP contribution is -2.26. The summed E-state index contributed by atoms with van der Waals surface area (Å²) in [6, 6.07) is 5.74. The lowest BCUT2D eigenvalue weighted by Gasteiger charge is -2.23. The molecule has 122 valence electrons. The van der Waals surface area contributed by atoms with E-state index in [0.29, 0.717) is 6.04 Å². The summed E-state index contributed by atoms with van der Waals surface area (Å²) in [4.78, 5) is 4.68. The van der Waals surface area contributed by atoms with Gasteiger partial charge in [0.25, 0.3) is 0 Å². The van der Waals surface area contributed by atoms with E-state index in [2.05, 4.69) is 51.9 Å². The van der Waals surface area contributed by atoms with E-state index in [1.165, 1.54) is 17.0 Å². The van der Waals surface area contributed by atoms with Crippen molar-refractivity contribution in [1.29, 1.82) is 0 Å². The molecule has 1 fully saturated rings. The summed E-state index contributed by atoms with van der Waals surface area (Å²) in [5, 5.41) is 1.04. The van der Waals surface area contributed by atoms with Crippen LogP contribution in [-0.2, 0) is 13.0 Å². The van der Waals surface area contributed by atoms with Crippen LogP contribution >= 0.6 is 0 Å². The summed E-state index contributed by atoms with van der Waals surface area (Å²) < 4.78 is 16.0. The number of benzene rings is 1. The van der Waals surface area contributed by atoms with Gasteiger partial charge in [-0.3, -0.25) is 0 Å². The summed E-state index contributed by atoms with van der Waals surface area (Å²) in [7, 11) is 2.13. The van der Waals surface area contributed by atoms with E-state index in [9.17, 15) is 4.39 Å². The first-order valence-electron chi connectivity index (χ1n) is 8.54. The fourth-order valence-corrected chi connectivity index (χ4v) is 3.97. The first-order valence-corrected chi connectivity index (χ1v) is 8.54. The average molecular weight is 321 g/mol. The van der Waals surface area contributed by atoms with Crippen LogP contribution in [0.3, 0.4) is 0 Å². The zero-order valence-corrected chi connectivity index (χ0v) is 13.7. The molecule has 2 aromatic rings. The van der Waals surface area contributed by atoms with Crippen molar-refractivity contribution in [1.82, 2.24) is 14.4 Å². The van der Waals surface area contributed by atoms with Crippen LogP contribution in [0.2, 0.25) is 0 Å². The van der Waals surface area contributed by atoms with Crippen molar-refractivity contribution in [2.24, 2.45) is 0 Å². The van der Waals surface area contributed by atoms with Gasteiger partial charge in [-0.15, -0.1) is 0 Å². The Hall–Kier alpha value is -2.33. The summed E-state index contributed by atoms with van der Waals surface area (Å²) in [5.41, 5.74) is 4.94. The van der Waals surface area contributed by atoms with Crippen molar-refractivity contribution in [3.63, 3.8) is 0 Å². The van der Waals surface area contributed by atoms with Crippen molar-refractivity contribution in [2.45, 2.75) is 19.0 Å². The molecule has 3 aliphatic heterocycles. The molecule has 1 saturated heterocycles. The number of allylic oxidation sites excluding steroid dienone is 3. The highest BCUT2D eigenvalue weighted by molar-refractivity contribution is 5.88. The van der Waals surface area contributed by atoms with Gasteiger partial charge < -0.3 is 14.4 Å². The quantitative estimate of drug-likeness (QED) is 0.786. The molecule has 1 aromatic heterocycles. The molecule has 1 unspecified atom stereocenters. The van der Waals surface area contributed by atoms with E-state index < -0.39 is 0 Å². The highest BCUT2D eigenvalue weighted by atomic mass is 19.1. The van der Waals surface area contributed by atoms with Gasteiger partial charge in [0.05, 0.1) is 11.6 Å². The van der Waals surface area contributed by atoms with Crippen LogP contribution in [0.1, 0.15) is 11.3 Å². The van der Waals surface area contributed by atoms with Crippen LogP contribution < -0.4 is 0 Å². The lowest BCUT2D eigenvalue weighted by atomic mass is 10.1.